The number of benzene rings is 3. The van der Waals surface area contributed by atoms with E-state index in [1.54, 1.807) is 13.2 Å². The van der Waals surface area contributed by atoms with Gasteiger partial charge in [-0.2, -0.15) is 0 Å². The number of nitrogens with one attached hydrogen (secondary N) is 2. The number of carbonyl (C=O) groups is 1. The molecule has 1 saturated heterocycles. The van der Waals surface area contributed by atoms with Crippen LogP contribution in [-0.4, -0.2) is 68.4 Å². The maximum atomic E-state index is 14.0. The molecule has 0 saturated carbocycles. The minimum Gasteiger partial charge on any atom is -0.497 e. The van der Waals surface area contributed by atoms with E-state index in [0.29, 0.717) is 30.7 Å². The fourth-order valence-corrected chi connectivity index (χ4v) is 6.66. The highest BCUT2D eigenvalue weighted by Crippen LogP contribution is 2.27. The maximum Gasteiger partial charge on any atom is 0.251 e. The molecule has 4 rings (SSSR count). The highest BCUT2D eigenvalue weighted by molar-refractivity contribution is 7.92. The molecule has 4 N–H and O–H groups in total. The summed E-state index contributed by atoms with van der Waals surface area (Å²) < 4.78 is 60.1. The number of aliphatic hydroxyl groups is 1. The van der Waals surface area contributed by atoms with Crippen molar-refractivity contribution in [1.29, 1.82) is 0 Å². The Morgan fingerprint density at radius 2 is 1.77 bits per heavy atom. The van der Waals surface area contributed by atoms with E-state index in [2.05, 4.69) is 15.8 Å². The maximum absolute atomic E-state index is 14.0. The summed E-state index contributed by atoms with van der Waals surface area (Å²) in [4.78, 5) is 13.6. The fourth-order valence-electron chi connectivity index (χ4n) is 5.04. The first-order chi connectivity index (χ1) is 21.0. The zero-order valence-corrected chi connectivity index (χ0v) is 25.3. The molecule has 0 bridgehead atoms. The number of hydrogen-bond donors (Lipinski definition) is 4. The van der Waals surface area contributed by atoms with Crippen molar-refractivity contribution in [3.63, 3.8) is 0 Å². The molecule has 236 valence electrons. The molecule has 0 spiro atoms. The van der Waals surface area contributed by atoms with E-state index in [-0.39, 0.29) is 47.8 Å². The van der Waals surface area contributed by atoms with Gasteiger partial charge in [0.2, 0.25) is 10.0 Å². The van der Waals surface area contributed by atoms with Crippen molar-refractivity contribution in [3.8, 4) is 5.75 Å². The second-order valence-corrected chi connectivity index (χ2v) is 12.7. The lowest BCUT2D eigenvalue weighted by atomic mass is 9.99. The molecule has 44 heavy (non-hydrogen) atoms. The minimum absolute atomic E-state index is 0.0214. The number of sulfonamides is 1. The Kier molecular flexibility index (Phi) is 10.9. The molecule has 3 aromatic rings. The smallest absolute Gasteiger partial charge is 0.251 e. The van der Waals surface area contributed by atoms with Crippen molar-refractivity contribution >= 4 is 27.3 Å². The van der Waals surface area contributed by atoms with Crippen LogP contribution in [0.4, 0.5) is 14.5 Å². The van der Waals surface area contributed by atoms with Crippen molar-refractivity contribution in [3.05, 3.63) is 94.6 Å². The number of halogens is 2. The largest absolute Gasteiger partial charge is 0.497 e. The molecule has 1 amide bonds. The monoisotopic (exact) mass is 630 g/mol. The number of anilines is 1. The Hall–Kier alpha value is -4.07. The van der Waals surface area contributed by atoms with E-state index < -0.39 is 39.7 Å². The predicted octanol–water partition coefficient (Wildman–Crippen LogP) is 3.59. The molecule has 10 nitrogen and oxygen atoms in total. The van der Waals surface area contributed by atoms with Crippen LogP contribution in [0.2, 0.25) is 0 Å². The van der Waals surface area contributed by atoms with E-state index >= 15 is 0 Å². The van der Waals surface area contributed by atoms with Crippen molar-refractivity contribution in [2.45, 2.75) is 44.9 Å². The van der Waals surface area contributed by atoms with E-state index in [0.717, 1.165) is 23.8 Å². The zero-order chi connectivity index (χ0) is 31.9. The topological polar surface area (TPSA) is 141 Å². The summed E-state index contributed by atoms with van der Waals surface area (Å²) in [5, 5.41) is 29.6. The molecule has 0 aliphatic carbocycles. The van der Waals surface area contributed by atoms with Gasteiger partial charge in [0, 0.05) is 36.8 Å². The number of carbonyl (C=O) groups excluding carboxylic acids is 1. The first kappa shape index (κ1) is 32.8. The van der Waals surface area contributed by atoms with Gasteiger partial charge in [-0.25, -0.2) is 17.2 Å². The molecule has 0 radical (unpaired) electrons. The summed E-state index contributed by atoms with van der Waals surface area (Å²) in [6.07, 6.45) is -0.136. The Balaban J connectivity index is 1.60. The number of rotatable bonds is 12. The van der Waals surface area contributed by atoms with E-state index in [1.165, 1.54) is 29.4 Å². The normalized spacial score (nSPS) is 16.3. The van der Waals surface area contributed by atoms with Gasteiger partial charge in [-0.15, -0.1) is 0 Å². The number of methoxy groups -OCH3 is 1. The summed E-state index contributed by atoms with van der Waals surface area (Å²) in [5.41, 5.74) is 1.87. The SMILES string of the molecule is COc1cccc(CNC[C@@H](O)[C@H](Cc2cc(F)cc(F)c2)NC(=O)c2cc(/C(C)=N\O)cc(N3CCCCS3(=O)=O)c2)c1. The molecule has 1 heterocycles. The first-order valence-electron chi connectivity index (χ1n) is 14.1. The van der Waals surface area contributed by atoms with Crippen LogP contribution in [0.15, 0.2) is 65.8 Å². The molecule has 13 heteroatoms. The summed E-state index contributed by atoms with van der Waals surface area (Å²) in [6, 6.07) is 13.7. The average Bonchev–Trinajstić information content (AvgIpc) is 2.99. The van der Waals surface area contributed by atoms with Gasteiger partial charge in [0.1, 0.15) is 17.4 Å². The molecular formula is C31H36F2N4O6S. The average molecular weight is 631 g/mol. The second kappa shape index (κ2) is 14.6. The van der Waals surface area contributed by atoms with Crippen molar-refractivity contribution in [1.82, 2.24) is 10.6 Å². The molecule has 0 unspecified atom stereocenters. The highest BCUT2D eigenvalue weighted by atomic mass is 32.2. The lowest BCUT2D eigenvalue weighted by Gasteiger charge is -2.29. The zero-order valence-electron chi connectivity index (χ0n) is 24.5. The quantitative estimate of drug-likeness (QED) is 0.136. The molecule has 0 aromatic heterocycles. The third-order valence-corrected chi connectivity index (χ3v) is 9.23. The summed E-state index contributed by atoms with van der Waals surface area (Å²) in [7, 11) is -2.06. The molecule has 3 aromatic carbocycles. The van der Waals surface area contributed by atoms with E-state index in [1.807, 2.05) is 18.2 Å². The summed E-state index contributed by atoms with van der Waals surface area (Å²) in [5.74, 6) is -1.62. The van der Waals surface area contributed by atoms with Gasteiger partial charge < -0.3 is 25.7 Å². The van der Waals surface area contributed by atoms with Gasteiger partial charge in [-0.05, 0) is 79.8 Å². The Morgan fingerprint density at radius 3 is 2.45 bits per heavy atom. The van der Waals surface area contributed by atoms with Gasteiger partial charge in [0.15, 0.2) is 0 Å². The number of aliphatic hydroxyl groups excluding tert-OH is 1. The summed E-state index contributed by atoms with van der Waals surface area (Å²) in [6.45, 7) is 2.13. The first-order valence-corrected chi connectivity index (χ1v) is 15.7. The van der Waals surface area contributed by atoms with Gasteiger partial charge in [-0.3, -0.25) is 9.10 Å². The highest BCUT2D eigenvalue weighted by Gasteiger charge is 2.28. The van der Waals surface area contributed by atoms with Crippen LogP contribution in [0.5, 0.6) is 5.75 Å². The number of nitrogens with zero attached hydrogens (tertiary/aromatic N) is 2. The lowest BCUT2D eigenvalue weighted by molar-refractivity contribution is 0.0830. The van der Waals surface area contributed by atoms with E-state index in [9.17, 15) is 32.3 Å². The number of amides is 1. The Bertz CT molecular complexity index is 1600. The molecule has 1 fully saturated rings. The van der Waals surface area contributed by atoms with Crippen LogP contribution in [0, 0.1) is 11.6 Å². The van der Waals surface area contributed by atoms with Crippen molar-refractivity contribution in [2.24, 2.45) is 5.16 Å². The van der Waals surface area contributed by atoms with Crippen LogP contribution in [0.25, 0.3) is 0 Å². The standard InChI is InChI=1S/C31H36F2N4O6S/c1-20(36-40)23-14-24(16-27(15-23)37-8-3-4-9-44(37,41)42)31(39)35-29(13-22-10-25(32)17-26(33)11-22)30(38)19-34-18-21-6-5-7-28(12-21)43-2/h5-7,10-12,14-17,29-30,34,38,40H,3-4,8-9,13,18-19H2,1-2H3,(H,35,39)/b36-20-/t29-,30+/m0/s1. The molecular weight excluding hydrogens is 594 g/mol. The van der Waals surface area contributed by atoms with E-state index in [4.69, 9.17) is 4.74 Å². The molecule has 2 atom stereocenters. The van der Waals surface area contributed by atoms with Crippen LogP contribution in [-0.2, 0) is 23.0 Å². The number of oxime groups is 1. The second-order valence-electron chi connectivity index (χ2n) is 10.7. The Morgan fingerprint density at radius 1 is 1.05 bits per heavy atom. The van der Waals surface area contributed by atoms with Crippen LogP contribution >= 0.6 is 0 Å². The minimum atomic E-state index is -3.62. The number of hydrogen-bond acceptors (Lipinski definition) is 8. The van der Waals surface area contributed by atoms with Gasteiger partial charge in [0.25, 0.3) is 5.91 Å². The fraction of sp³-hybridized carbons (Fsp3) is 0.355. The molecule has 1 aliphatic heterocycles. The number of ether oxygens (including phenoxy) is 1. The van der Waals surface area contributed by atoms with Crippen LogP contribution in [0.1, 0.15) is 46.8 Å². The van der Waals surface area contributed by atoms with Crippen molar-refractivity contribution in [2.75, 3.05) is 30.3 Å². The van der Waals surface area contributed by atoms with Gasteiger partial charge in [-0.1, -0.05) is 17.3 Å². The van der Waals surface area contributed by atoms with Crippen molar-refractivity contribution < 1.29 is 37.0 Å². The Labute approximate surface area is 255 Å². The van der Waals surface area contributed by atoms with Crippen LogP contribution in [0.3, 0.4) is 0 Å². The predicted molar refractivity (Wildman–Crippen MR) is 163 cm³/mol. The van der Waals surface area contributed by atoms with Gasteiger partial charge in [0.05, 0.1) is 36.4 Å². The van der Waals surface area contributed by atoms with Gasteiger partial charge >= 0.3 is 0 Å². The molecule has 1 aliphatic rings. The lowest BCUT2D eigenvalue weighted by Crippen LogP contribution is -2.48. The summed E-state index contributed by atoms with van der Waals surface area (Å²) >= 11 is 0. The third-order valence-electron chi connectivity index (χ3n) is 7.36. The van der Waals surface area contributed by atoms with Crippen LogP contribution < -0.4 is 19.7 Å². The third kappa shape index (κ3) is 8.52.